The largest absolute Gasteiger partial charge is 0.508 e. The van der Waals surface area contributed by atoms with E-state index in [0.717, 1.165) is 11.3 Å². The summed E-state index contributed by atoms with van der Waals surface area (Å²) >= 11 is 1.53. The summed E-state index contributed by atoms with van der Waals surface area (Å²) in [5.41, 5.74) is 3.12. The number of hydrogen-bond acceptors (Lipinski definition) is 7. The van der Waals surface area contributed by atoms with Crippen molar-refractivity contribution in [3.8, 4) is 5.75 Å². The van der Waals surface area contributed by atoms with Gasteiger partial charge >= 0.3 is 5.97 Å². The van der Waals surface area contributed by atoms with Crippen molar-refractivity contribution in [3.05, 3.63) is 77.0 Å². The molecule has 0 saturated heterocycles. The number of esters is 1. The second-order valence-corrected chi connectivity index (χ2v) is 8.49. The van der Waals surface area contributed by atoms with E-state index in [4.69, 9.17) is 9.84 Å². The molecule has 0 spiro atoms. The number of phenolic OH excluding ortho intramolecular Hbond substituents is 1. The van der Waals surface area contributed by atoms with Crippen molar-refractivity contribution in [1.82, 2.24) is 14.8 Å². The van der Waals surface area contributed by atoms with Gasteiger partial charge in [-0.05, 0) is 44.0 Å². The average molecular weight is 437 g/mol. The summed E-state index contributed by atoms with van der Waals surface area (Å²) < 4.78 is 7.22. The van der Waals surface area contributed by atoms with Crippen molar-refractivity contribution in [2.75, 3.05) is 5.32 Å². The van der Waals surface area contributed by atoms with Crippen LogP contribution in [-0.4, -0.2) is 31.9 Å². The number of allylic oxidation sites excluding steroid dienone is 1. The van der Waals surface area contributed by atoms with E-state index < -0.39 is 12.0 Å². The standard InChI is InChI=1S/C23H24N4O3S/c1-14(2)30-21(29)19-15(3)24-22-25-23(31-13-16-7-5-4-6-8-16)26-27(22)20(19)17-9-11-18(28)12-10-17/h4-12,14,20,28H,13H2,1-3H3,(H,24,25,26). The second-order valence-electron chi connectivity index (χ2n) is 7.55. The number of anilines is 1. The predicted octanol–water partition coefficient (Wildman–Crippen LogP) is 4.52. The fourth-order valence-electron chi connectivity index (χ4n) is 3.42. The van der Waals surface area contributed by atoms with E-state index in [1.54, 1.807) is 28.9 Å². The van der Waals surface area contributed by atoms with Crippen molar-refractivity contribution >= 4 is 23.7 Å². The lowest BCUT2D eigenvalue weighted by molar-refractivity contribution is -0.143. The Morgan fingerprint density at radius 1 is 1.19 bits per heavy atom. The zero-order valence-electron chi connectivity index (χ0n) is 17.6. The molecule has 1 unspecified atom stereocenters. The molecule has 3 aromatic rings. The Morgan fingerprint density at radius 2 is 1.90 bits per heavy atom. The van der Waals surface area contributed by atoms with Crippen LogP contribution in [0, 0.1) is 0 Å². The van der Waals surface area contributed by atoms with Crippen LogP contribution >= 0.6 is 11.8 Å². The molecule has 0 bridgehead atoms. The number of rotatable bonds is 6. The van der Waals surface area contributed by atoms with Crippen molar-refractivity contribution in [1.29, 1.82) is 0 Å². The van der Waals surface area contributed by atoms with Crippen molar-refractivity contribution in [3.63, 3.8) is 0 Å². The number of nitrogens with one attached hydrogen (secondary N) is 1. The normalized spacial score (nSPS) is 15.5. The van der Waals surface area contributed by atoms with Gasteiger partial charge in [0.15, 0.2) is 0 Å². The van der Waals surface area contributed by atoms with Crippen LogP contribution in [-0.2, 0) is 15.3 Å². The number of carbonyl (C=O) groups is 1. The first-order valence-corrected chi connectivity index (χ1v) is 11.0. The summed E-state index contributed by atoms with van der Waals surface area (Å²) in [6.45, 7) is 5.47. The number of thioether (sulfide) groups is 1. The topological polar surface area (TPSA) is 89.3 Å². The zero-order chi connectivity index (χ0) is 22.0. The molecule has 7 nitrogen and oxygen atoms in total. The number of aromatic hydroxyl groups is 1. The monoisotopic (exact) mass is 436 g/mol. The summed E-state index contributed by atoms with van der Waals surface area (Å²) in [6.07, 6.45) is -0.248. The van der Waals surface area contributed by atoms with Crippen LogP contribution in [0.1, 0.15) is 37.9 Å². The maximum Gasteiger partial charge on any atom is 0.338 e. The summed E-state index contributed by atoms with van der Waals surface area (Å²) in [7, 11) is 0. The van der Waals surface area contributed by atoms with Crippen LogP contribution in [0.4, 0.5) is 5.95 Å². The molecule has 2 aromatic carbocycles. The number of fused-ring (bicyclic) bond motifs is 1. The Bertz CT molecular complexity index is 1110. The highest BCUT2D eigenvalue weighted by molar-refractivity contribution is 7.98. The third-order valence-corrected chi connectivity index (χ3v) is 5.72. The number of aromatic nitrogens is 3. The van der Waals surface area contributed by atoms with Gasteiger partial charge < -0.3 is 15.2 Å². The molecule has 0 saturated carbocycles. The zero-order valence-corrected chi connectivity index (χ0v) is 18.4. The fourth-order valence-corrected chi connectivity index (χ4v) is 4.21. The Labute approximate surface area is 185 Å². The molecule has 2 N–H and O–H groups in total. The van der Waals surface area contributed by atoms with Crippen LogP contribution in [0.2, 0.25) is 0 Å². The fraction of sp³-hybridized carbons (Fsp3) is 0.261. The van der Waals surface area contributed by atoms with Gasteiger partial charge in [0.25, 0.3) is 0 Å². The first kappa shape index (κ1) is 21.0. The third-order valence-electron chi connectivity index (χ3n) is 4.82. The lowest BCUT2D eigenvalue weighted by Gasteiger charge is -2.28. The van der Waals surface area contributed by atoms with Crippen LogP contribution in [0.25, 0.3) is 0 Å². The van der Waals surface area contributed by atoms with Crippen LogP contribution < -0.4 is 5.32 Å². The third kappa shape index (κ3) is 4.59. The minimum Gasteiger partial charge on any atom is -0.508 e. The molecule has 1 atom stereocenters. The Kier molecular flexibility index (Phi) is 5.99. The van der Waals surface area contributed by atoms with Crippen LogP contribution in [0.5, 0.6) is 5.75 Å². The molecule has 2 heterocycles. The molecule has 1 aliphatic heterocycles. The van der Waals surface area contributed by atoms with E-state index in [2.05, 4.69) is 22.4 Å². The van der Waals surface area contributed by atoms with E-state index in [1.165, 1.54) is 17.3 Å². The first-order chi connectivity index (χ1) is 14.9. The summed E-state index contributed by atoms with van der Waals surface area (Å²) in [4.78, 5) is 17.6. The maximum atomic E-state index is 13.0. The number of ether oxygens (including phenoxy) is 1. The average Bonchev–Trinajstić information content (AvgIpc) is 3.14. The molecule has 160 valence electrons. The predicted molar refractivity (Wildman–Crippen MR) is 120 cm³/mol. The highest BCUT2D eigenvalue weighted by Gasteiger charge is 2.35. The Morgan fingerprint density at radius 3 is 2.58 bits per heavy atom. The number of nitrogens with zero attached hydrogens (tertiary/aromatic N) is 3. The Balaban J connectivity index is 1.70. The molecule has 1 aromatic heterocycles. The lowest BCUT2D eigenvalue weighted by Crippen LogP contribution is -2.30. The molecule has 0 radical (unpaired) electrons. The molecule has 8 heteroatoms. The summed E-state index contributed by atoms with van der Waals surface area (Å²) in [5.74, 6) is 1.05. The number of phenols is 1. The number of hydrogen-bond donors (Lipinski definition) is 2. The first-order valence-electron chi connectivity index (χ1n) is 10.0. The quantitative estimate of drug-likeness (QED) is 0.434. The molecule has 4 rings (SSSR count). The minimum atomic E-state index is -0.512. The molecule has 1 aliphatic rings. The van der Waals surface area contributed by atoms with Crippen LogP contribution in [0.3, 0.4) is 0 Å². The molecule has 0 aliphatic carbocycles. The maximum absolute atomic E-state index is 13.0. The van der Waals surface area contributed by atoms with Gasteiger partial charge in [0, 0.05) is 11.4 Å². The van der Waals surface area contributed by atoms with Crippen molar-refractivity contribution in [2.45, 2.75) is 43.8 Å². The SMILES string of the molecule is CC1=C(C(=O)OC(C)C)C(c2ccc(O)cc2)n2nc(SCc3ccccc3)nc2N1. The Hall–Kier alpha value is -3.26. The van der Waals surface area contributed by atoms with Gasteiger partial charge in [0.1, 0.15) is 11.8 Å². The van der Waals surface area contributed by atoms with Gasteiger partial charge in [-0.25, -0.2) is 9.48 Å². The van der Waals surface area contributed by atoms with Crippen LogP contribution in [0.15, 0.2) is 71.0 Å². The van der Waals surface area contributed by atoms with Gasteiger partial charge in [-0.3, -0.25) is 0 Å². The molecule has 0 fully saturated rings. The number of benzene rings is 2. The van der Waals surface area contributed by atoms with E-state index >= 15 is 0 Å². The van der Waals surface area contributed by atoms with Crippen molar-refractivity contribution < 1.29 is 14.6 Å². The summed E-state index contributed by atoms with van der Waals surface area (Å²) in [6, 6.07) is 16.4. The van der Waals surface area contributed by atoms with Crippen molar-refractivity contribution in [2.24, 2.45) is 0 Å². The van der Waals surface area contributed by atoms with E-state index in [9.17, 15) is 9.90 Å². The minimum absolute atomic E-state index is 0.155. The lowest BCUT2D eigenvalue weighted by atomic mass is 9.95. The van der Waals surface area contributed by atoms with E-state index in [0.29, 0.717) is 22.4 Å². The number of carbonyl (C=O) groups excluding carboxylic acids is 1. The molecular weight excluding hydrogens is 412 g/mol. The highest BCUT2D eigenvalue weighted by atomic mass is 32.2. The van der Waals surface area contributed by atoms with Gasteiger partial charge in [-0.15, -0.1) is 5.10 Å². The smallest absolute Gasteiger partial charge is 0.338 e. The van der Waals surface area contributed by atoms with Gasteiger partial charge in [0.05, 0.1) is 11.7 Å². The van der Waals surface area contributed by atoms with E-state index in [-0.39, 0.29) is 11.9 Å². The molecular formula is C23H24N4O3S. The van der Waals surface area contributed by atoms with Gasteiger partial charge in [-0.1, -0.05) is 54.2 Å². The highest BCUT2D eigenvalue weighted by Crippen LogP contribution is 2.37. The van der Waals surface area contributed by atoms with E-state index in [1.807, 2.05) is 39.0 Å². The molecule has 0 amide bonds. The van der Waals surface area contributed by atoms with Gasteiger partial charge in [-0.2, -0.15) is 4.98 Å². The second kappa shape index (κ2) is 8.85. The summed E-state index contributed by atoms with van der Waals surface area (Å²) in [5, 5.41) is 18.2. The van der Waals surface area contributed by atoms with Gasteiger partial charge in [0.2, 0.25) is 11.1 Å². The molecule has 31 heavy (non-hydrogen) atoms.